The molecule has 0 saturated heterocycles. The summed E-state index contributed by atoms with van der Waals surface area (Å²) in [4.78, 5) is 0. The summed E-state index contributed by atoms with van der Waals surface area (Å²) in [6.45, 7) is 5.19. The number of hydrogen-bond donors (Lipinski definition) is 1. The Kier molecular flexibility index (Phi) is 5.64. The fourth-order valence-electron chi connectivity index (χ4n) is 2.30. The summed E-state index contributed by atoms with van der Waals surface area (Å²) in [5.74, 6) is 0. The second-order valence-electron chi connectivity index (χ2n) is 4.89. The number of hydrogen-bond acceptors (Lipinski definition) is 1. The lowest BCUT2D eigenvalue weighted by Gasteiger charge is -2.17. The molecular weight excluding hydrogens is 334 g/mol. The van der Waals surface area contributed by atoms with Gasteiger partial charge in [-0.3, -0.25) is 0 Å². The van der Waals surface area contributed by atoms with Gasteiger partial charge in [0.25, 0.3) is 0 Å². The molecule has 2 aromatic rings. The molecule has 1 atom stereocenters. The average molecular weight is 353 g/mol. The second-order valence-corrected chi connectivity index (χ2v) is 6.21. The Morgan fingerprint density at radius 3 is 2.50 bits per heavy atom. The molecule has 3 heteroatoms. The largest absolute Gasteiger partial charge is 0.306 e. The zero-order valence-electron chi connectivity index (χ0n) is 11.8. The van der Waals surface area contributed by atoms with Gasteiger partial charge in [-0.25, -0.2) is 0 Å². The van der Waals surface area contributed by atoms with Crippen LogP contribution in [0.25, 0.3) is 0 Å². The van der Waals surface area contributed by atoms with E-state index >= 15 is 0 Å². The molecule has 2 rings (SSSR count). The highest BCUT2D eigenvalue weighted by Gasteiger charge is 2.10. The van der Waals surface area contributed by atoms with E-state index in [0.717, 1.165) is 28.0 Å². The molecule has 0 aliphatic heterocycles. The van der Waals surface area contributed by atoms with Gasteiger partial charge in [0.05, 0.1) is 0 Å². The molecular formula is C17H19BrClN. The summed E-state index contributed by atoms with van der Waals surface area (Å²) in [5, 5.41) is 4.35. The van der Waals surface area contributed by atoms with Crippen LogP contribution in [0.15, 0.2) is 46.9 Å². The smallest absolute Gasteiger partial charge is 0.0464 e. The van der Waals surface area contributed by atoms with Gasteiger partial charge in [0.15, 0.2) is 0 Å². The molecule has 2 aromatic carbocycles. The molecule has 1 N–H and O–H groups in total. The average Bonchev–Trinajstić information content (AvgIpc) is 2.45. The Hall–Kier alpha value is -0.830. The van der Waals surface area contributed by atoms with Crippen molar-refractivity contribution in [3.63, 3.8) is 0 Å². The van der Waals surface area contributed by atoms with Gasteiger partial charge in [-0.05, 0) is 42.2 Å². The van der Waals surface area contributed by atoms with Gasteiger partial charge < -0.3 is 5.32 Å². The second kappa shape index (κ2) is 7.26. The van der Waals surface area contributed by atoms with Crippen molar-refractivity contribution in [1.82, 2.24) is 5.32 Å². The molecule has 0 aliphatic rings. The zero-order valence-corrected chi connectivity index (χ0v) is 14.1. The number of nitrogens with one attached hydrogen (secondary N) is 1. The monoisotopic (exact) mass is 351 g/mol. The van der Waals surface area contributed by atoms with E-state index in [9.17, 15) is 0 Å². The lowest BCUT2D eigenvalue weighted by molar-refractivity contribution is 0.572. The molecule has 1 unspecified atom stereocenters. The lowest BCUT2D eigenvalue weighted by Crippen LogP contribution is -2.19. The van der Waals surface area contributed by atoms with Crippen molar-refractivity contribution < 1.29 is 0 Å². The maximum Gasteiger partial charge on any atom is 0.0464 e. The van der Waals surface area contributed by atoms with Crippen molar-refractivity contribution in [2.45, 2.75) is 32.9 Å². The first-order valence-electron chi connectivity index (χ1n) is 6.87. The Morgan fingerprint density at radius 2 is 1.85 bits per heavy atom. The van der Waals surface area contributed by atoms with E-state index in [-0.39, 0.29) is 6.04 Å². The van der Waals surface area contributed by atoms with Gasteiger partial charge in [0.2, 0.25) is 0 Å². The van der Waals surface area contributed by atoms with Crippen LogP contribution >= 0.6 is 27.5 Å². The van der Waals surface area contributed by atoms with Gasteiger partial charge in [0.1, 0.15) is 0 Å². The van der Waals surface area contributed by atoms with E-state index in [0.29, 0.717) is 0 Å². The molecule has 0 fully saturated rings. The molecule has 0 aromatic heterocycles. The topological polar surface area (TPSA) is 12.0 Å². The van der Waals surface area contributed by atoms with E-state index in [4.69, 9.17) is 11.6 Å². The van der Waals surface area contributed by atoms with Gasteiger partial charge in [-0.2, -0.15) is 0 Å². The summed E-state index contributed by atoms with van der Waals surface area (Å²) in [6.07, 6.45) is 1.06. The minimum absolute atomic E-state index is 0.223. The number of rotatable bonds is 5. The molecule has 0 amide bonds. The van der Waals surface area contributed by atoms with E-state index < -0.39 is 0 Å². The van der Waals surface area contributed by atoms with Crippen molar-refractivity contribution in [2.24, 2.45) is 0 Å². The minimum Gasteiger partial charge on any atom is -0.306 e. The maximum atomic E-state index is 6.29. The highest BCUT2D eigenvalue weighted by Crippen LogP contribution is 2.26. The molecule has 0 heterocycles. The third kappa shape index (κ3) is 3.85. The normalized spacial score (nSPS) is 12.4. The first-order valence-corrected chi connectivity index (χ1v) is 8.04. The Labute approximate surface area is 134 Å². The molecule has 20 heavy (non-hydrogen) atoms. The standard InChI is InChI=1S/C17H19BrClN/c1-3-13-6-4-5-7-14(13)11-20-12(2)16-9-8-15(18)10-17(16)19/h4-10,12,20H,3,11H2,1-2H3. The van der Waals surface area contributed by atoms with Crippen LogP contribution < -0.4 is 5.32 Å². The van der Waals surface area contributed by atoms with Gasteiger partial charge in [-0.1, -0.05) is 64.8 Å². The van der Waals surface area contributed by atoms with Gasteiger partial charge in [-0.15, -0.1) is 0 Å². The SMILES string of the molecule is CCc1ccccc1CNC(C)c1ccc(Br)cc1Cl. The molecule has 1 nitrogen and oxygen atoms in total. The molecule has 0 bridgehead atoms. The predicted molar refractivity (Wildman–Crippen MR) is 90.2 cm³/mol. The van der Waals surface area contributed by atoms with Crippen molar-refractivity contribution in [1.29, 1.82) is 0 Å². The Bertz CT molecular complexity index is 583. The predicted octanol–water partition coefficient (Wildman–Crippen LogP) is 5.52. The van der Waals surface area contributed by atoms with E-state index in [2.05, 4.69) is 65.4 Å². The number of aryl methyl sites for hydroxylation is 1. The maximum absolute atomic E-state index is 6.29. The van der Waals surface area contributed by atoms with E-state index in [1.165, 1.54) is 11.1 Å². The first kappa shape index (κ1) is 15.6. The molecule has 0 aliphatic carbocycles. The Balaban J connectivity index is 2.06. The summed E-state index contributed by atoms with van der Waals surface area (Å²) >= 11 is 9.73. The summed E-state index contributed by atoms with van der Waals surface area (Å²) in [7, 11) is 0. The minimum atomic E-state index is 0.223. The summed E-state index contributed by atoms with van der Waals surface area (Å²) in [6, 6.07) is 14.8. The fourth-order valence-corrected chi connectivity index (χ4v) is 3.14. The van der Waals surface area contributed by atoms with Crippen LogP contribution in [0.3, 0.4) is 0 Å². The van der Waals surface area contributed by atoms with Crippen LogP contribution in [0.2, 0.25) is 5.02 Å². The van der Waals surface area contributed by atoms with Gasteiger partial charge in [0, 0.05) is 22.1 Å². The van der Waals surface area contributed by atoms with Crippen molar-refractivity contribution >= 4 is 27.5 Å². The lowest BCUT2D eigenvalue weighted by atomic mass is 10.0. The van der Waals surface area contributed by atoms with Gasteiger partial charge >= 0.3 is 0 Å². The Morgan fingerprint density at radius 1 is 1.15 bits per heavy atom. The van der Waals surface area contributed by atoms with E-state index in [1.54, 1.807) is 0 Å². The summed E-state index contributed by atoms with van der Waals surface area (Å²) < 4.78 is 1.01. The van der Waals surface area contributed by atoms with E-state index in [1.807, 2.05) is 12.1 Å². The quantitative estimate of drug-likeness (QED) is 0.747. The van der Waals surface area contributed by atoms with Crippen molar-refractivity contribution in [2.75, 3.05) is 0 Å². The highest BCUT2D eigenvalue weighted by molar-refractivity contribution is 9.10. The third-order valence-electron chi connectivity index (χ3n) is 3.53. The zero-order chi connectivity index (χ0) is 14.5. The highest BCUT2D eigenvalue weighted by atomic mass is 79.9. The van der Waals surface area contributed by atoms with Crippen LogP contribution in [0.4, 0.5) is 0 Å². The first-order chi connectivity index (χ1) is 9.61. The molecule has 106 valence electrons. The number of halogens is 2. The van der Waals surface area contributed by atoms with Crippen molar-refractivity contribution in [3.8, 4) is 0 Å². The third-order valence-corrected chi connectivity index (χ3v) is 4.35. The molecule has 0 saturated carbocycles. The van der Waals surface area contributed by atoms with Crippen LogP contribution in [0.1, 0.15) is 36.6 Å². The van der Waals surface area contributed by atoms with Crippen LogP contribution in [0.5, 0.6) is 0 Å². The van der Waals surface area contributed by atoms with Crippen molar-refractivity contribution in [3.05, 3.63) is 68.7 Å². The van der Waals surface area contributed by atoms with Crippen LogP contribution in [-0.2, 0) is 13.0 Å². The van der Waals surface area contributed by atoms with Crippen LogP contribution in [0, 0.1) is 0 Å². The molecule has 0 radical (unpaired) electrons. The van der Waals surface area contributed by atoms with Crippen LogP contribution in [-0.4, -0.2) is 0 Å². The molecule has 0 spiro atoms. The summed E-state index contributed by atoms with van der Waals surface area (Å²) in [5.41, 5.74) is 3.88. The number of benzene rings is 2. The fraction of sp³-hybridized carbons (Fsp3) is 0.294.